The number of rotatable bonds is 4. The molecule has 2 aromatic rings. The van der Waals surface area contributed by atoms with Gasteiger partial charge in [0.15, 0.2) is 0 Å². The van der Waals surface area contributed by atoms with Crippen LogP contribution in [0.4, 0.5) is 18.0 Å². The lowest BCUT2D eigenvalue weighted by molar-refractivity contribution is -0.136. The summed E-state index contributed by atoms with van der Waals surface area (Å²) in [7, 11) is 0. The smallest absolute Gasteiger partial charge is 0.417 e. The molecule has 1 aliphatic rings. The molecular weight excluding hydrogens is 363 g/mol. The van der Waals surface area contributed by atoms with Gasteiger partial charge >= 0.3 is 11.8 Å². The molecule has 1 saturated heterocycles. The number of fused-ring (bicyclic) bond motifs is 1. The molecule has 2 heterocycles. The average Bonchev–Trinajstić information content (AvgIpc) is 2.84. The van der Waals surface area contributed by atoms with Crippen molar-refractivity contribution in [3.63, 3.8) is 0 Å². The van der Waals surface area contributed by atoms with Gasteiger partial charge < -0.3 is 9.15 Å². The number of benzene rings is 1. The van der Waals surface area contributed by atoms with Crippen LogP contribution in [0.5, 0.6) is 5.75 Å². The van der Waals surface area contributed by atoms with Crippen molar-refractivity contribution in [1.29, 1.82) is 0 Å². The summed E-state index contributed by atoms with van der Waals surface area (Å²) in [5.41, 5.74) is -2.47. The van der Waals surface area contributed by atoms with Gasteiger partial charge in [-0.1, -0.05) is 11.8 Å². The topological polar surface area (TPSA) is 76.8 Å². The van der Waals surface area contributed by atoms with Crippen LogP contribution in [0.2, 0.25) is 0 Å². The van der Waals surface area contributed by atoms with Crippen LogP contribution in [0, 0.1) is 0 Å². The van der Waals surface area contributed by atoms with E-state index in [0.717, 1.165) is 28.8 Å². The molecule has 132 valence electrons. The van der Waals surface area contributed by atoms with E-state index in [1.165, 1.54) is 6.07 Å². The average molecular weight is 373 g/mol. The summed E-state index contributed by atoms with van der Waals surface area (Å²) in [6.45, 7) is -0.0119. The third kappa shape index (κ3) is 3.63. The van der Waals surface area contributed by atoms with E-state index in [2.05, 4.69) is 0 Å². The minimum absolute atomic E-state index is 0.0231. The number of thioether (sulfide) groups is 1. The molecule has 0 N–H and O–H groups in total. The van der Waals surface area contributed by atoms with Crippen molar-refractivity contribution in [3.8, 4) is 5.75 Å². The minimum Gasteiger partial charge on any atom is -0.492 e. The Morgan fingerprint density at radius 3 is 2.60 bits per heavy atom. The molecule has 1 aromatic heterocycles. The molecule has 0 bridgehead atoms. The van der Waals surface area contributed by atoms with E-state index >= 15 is 0 Å². The quantitative estimate of drug-likeness (QED) is 0.767. The highest BCUT2D eigenvalue weighted by atomic mass is 32.2. The fourth-order valence-corrected chi connectivity index (χ4v) is 3.07. The first-order valence-electron chi connectivity index (χ1n) is 7.01. The van der Waals surface area contributed by atoms with Crippen LogP contribution >= 0.6 is 11.8 Å². The van der Waals surface area contributed by atoms with E-state index in [1.54, 1.807) is 0 Å². The van der Waals surface area contributed by atoms with Gasteiger partial charge in [0.05, 0.1) is 17.9 Å². The largest absolute Gasteiger partial charge is 0.492 e. The van der Waals surface area contributed by atoms with Gasteiger partial charge in [-0.25, -0.2) is 4.79 Å². The van der Waals surface area contributed by atoms with Crippen LogP contribution in [0.25, 0.3) is 11.0 Å². The van der Waals surface area contributed by atoms with E-state index in [0.29, 0.717) is 6.07 Å². The molecule has 25 heavy (non-hydrogen) atoms. The van der Waals surface area contributed by atoms with Crippen molar-refractivity contribution < 1.29 is 31.9 Å². The fraction of sp³-hybridized carbons (Fsp3) is 0.267. The minimum atomic E-state index is -4.69. The zero-order chi connectivity index (χ0) is 18.2. The van der Waals surface area contributed by atoms with Crippen molar-refractivity contribution in [3.05, 3.63) is 40.2 Å². The van der Waals surface area contributed by atoms with Gasteiger partial charge in [-0.3, -0.25) is 14.5 Å². The molecule has 0 aliphatic carbocycles. The summed E-state index contributed by atoms with van der Waals surface area (Å²) in [4.78, 5) is 35.2. The first-order chi connectivity index (χ1) is 11.8. The standard InChI is InChI=1S/C15H10F3NO5S/c16-15(17,18)10-6-13(21)24-11-5-8(1-2-9(10)11)23-4-3-19-12(20)7-25-14(19)22/h1-2,5-6H,3-4,7H2. The fourth-order valence-electron chi connectivity index (χ4n) is 2.32. The van der Waals surface area contributed by atoms with E-state index in [-0.39, 0.29) is 46.8 Å². The van der Waals surface area contributed by atoms with Crippen molar-refractivity contribution in [2.45, 2.75) is 6.18 Å². The predicted octanol–water partition coefficient (Wildman–Crippen LogP) is 2.89. The lowest BCUT2D eigenvalue weighted by atomic mass is 10.1. The van der Waals surface area contributed by atoms with E-state index in [4.69, 9.17) is 9.15 Å². The summed E-state index contributed by atoms with van der Waals surface area (Å²) in [6.07, 6.45) is -4.69. The summed E-state index contributed by atoms with van der Waals surface area (Å²) in [5, 5.41) is -0.631. The number of imide groups is 1. The maximum absolute atomic E-state index is 13.0. The Hall–Kier alpha value is -2.49. The SMILES string of the molecule is O=C1CSC(=O)N1CCOc1ccc2c(C(F)(F)F)cc(=O)oc2c1. The summed E-state index contributed by atoms with van der Waals surface area (Å²) < 4.78 is 49.0. The lowest BCUT2D eigenvalue weighted by Crippen LogP contribution is -2.32. The molecule has 0 spiro atoms. The number of nitrogens with zero attached hydrogens (tertiary/aromatic N) is 1. The van der Waals surface area contributed by atoms with Crippen LogP contribution in [0.3, 0.4) is 0 Å². The van der Waals surface area contributed by atoms with Gasteiger partial charge in [-0.2, -0.15) is 13.2 Å². The molecule has 1 aliphatic heterocycles. The number of alkyl halides is 3. The number of halogens is 3. The maximum Gasteiger partial charge on any atom is 0.417 e. The van der Waals surface area contributed by atoms with Crippen molar-refractivity contribution >= 4 is 33.9 Å². The van der Waals surface area contributed by atoms with Crippen LogP contribution in [-0.4, -0.2) is 35.0 Å². The van der Waals surface area contributed by atoms with Gasteiger partial charge in [-0.15, -0.1) is 0 Å². The number of amides is 2. The van der Waals surface area contributed by atoms with Crippen LogP contribution < -0.4 is 10.4 Å². The Bertz CT molecular complexity index is 892. The second-order valence-electron chi connectivity index (χ2n) is 5.08. The van der Waals surface area contributed by atoms with Gasteiger partial charge in [0.1, 0.15) is 17.9 Å². The maximum atomic E-state index is 13.0. The monoisotopic (exact) mass is 373 g/mol. The lowest BCUT2D eigenvalue weighted by Gasteiger charge is -2.14. The van der Waals surface area contributed by atoms with E-state index < -0.39 is 17.4 Å². The van der Waals surface area contributed by atoms with Crippen molar-refractivity contribution in [2.24, 2.45) is 0 Å². The predicted molar refractivity (Wildman–Crippen MR) is 82.5 cm³/mol. The first-order valence-corrected chi connectivity index (χ1v) is 7.99. The molecule has 0 atom stereocenters. The number of hydrogen-bond donors (Lipinski definition) is 0. The first kappa shape index (κ1) is 17.3. The number of carbonyl (C=O) groups excluding carboxylic acids is 2. The molecular formula is C15H10F3NO5S. The third-order valence-electron chi connectivity index (χ3n) is 3.45. The molecule has 10 heteroatoms. The Labute approximate surface area is 142 Å². The zero-order valence-corrected chi connectivity index (χ0v) is 13.3. The van der Waals surface area contributed by atoms with Crippen LogP contribution in [-0.2, 0) is 11.0 Å². The van der Waals surface area contributed by atoms with Crippen LogP contribution in [0.1, 0.15) is 5.56 Å². The zero-order valence-electron chi connectivity index (χ0n) is 12.5. The molecule has 3 rings (SSSR count). The number of ether oxygens (including phenoxy) is 1. The van der Waals surface area contributed by atoms with Crippen molar-refractivity contribution in [2.75, 3.05) is 18.9 Å². The molecule has 1 fully saturated rings. The summed E-state index contributed by atoms with van der Waals surface area (Å²) in [5.74, 6) is -0.0835. The molecule has 0 saturated carbocycles. The molecule has 2 amide bonds. The van der Waals surface area contributed by atoms with Gasteiger partial charge in [0.25, 0.3) is 5.24 Å². The molecule has 6 nitrogen and oxygen atoms in total. The molecule has 0 unspecified atom stereocenters. The summed E-state index contributed by atoms with van der Waals surface area (Å²) >= 11 is 0.893. The Balaban J connectivity index is 1.79. The highest BCUT2D eigenvalue weighted by Gasteiger charge is 2.34. The van der Waals surface area contributed by atoms with Crippen LogP contribution in [0.15, 0.2) is 33.5 Å². The van der Waals surface area contributed by atoms with E-state index in [1.807, 2.05) is 0 Å². The van der Waals surface area contributed by atoms with E-state index in [9.17, 15) is 27.6 Å². The summed E-state index contributed by atoms with van der Waals surface area (Å²) in [6, 6.07) is 3.98. The Morgan fingerprint density at radius 1 is 1.20 bits per heavy atom. The van der Waals surface area contributed by atoms with Gasteiger partial charge in [0, 0.05) is 17.5 Å². The van der Waals surface area contributed by atoms with Gasteiger partial charge in [0.2, 0.25) is 5.91 Å². The second kappa shape index (κ2) is 6.43. The third-order valence-corrected chi connectivity index (χ3v) is 4.30. The highest BCUT2D eigenvalue weighted by molar-refractivity contribution is 8.14. The normalized spacial score (nSPS) is 15.2. The number of carbonyl (C=O) groups is 2. The second-order valence-corrected chi connectivity index (χ2v) is 6.01. The highest BCUT2D eigenvalue weighted by Crippen LogP contribution is 2.34. The molecule has 1 aromatic carbocycles. The molecule has 0 radical (unpaired) electrons. The Kier molecular flexibility index (Phi) is 4.46. The van der Waals surface area contributed by atoms with Crippen molar-refractivity contribution in [1.82, 2.24) is 4.90 Å². The van der Waals surface area contributed by atoms with Gasteiger partial charge in [-0.05, 0) is 12.1 Å². The number of hydrogen-bond acceptors (Lipinski definition) is 6. The Morgan fingerprint density at radius 2 is 1.96 bits per heavy atom.